The summed E-state index contributed by atoms with van der Waals surface area (Å²) in [5.74, 6) is 0.589. The van der Waals surface area contributed by atoms with E-state index in [0.29, 0.717) is 18.0 Å². The zero-order chi connectivity index (χ0) is 12.4. The van der Waals surface area contributed by atoms with Gasteiger partial charge >= 0.3 is 0 Å². The Morgan fingerprint density at radius 2 is 1.88 bits per heavy atom. The van der Waals surface area contributed by atoms with E-state index >= 15 is 0 Å². The second kappa shape index (κ2) is 5.36. The molecule has 17 heavy (non-hydrogen) atoms. The summed E-state index contributed by atoms with van der Waals surface area (Å²) in [4.78, 5) is 16.7. The van der Waals surface area contributed by atoms with Gasteiger partial charge in [0.2, 0.25) is 5.91 Å². The Labute approximate surface area is 104 Å². The first kappa shape index (κ1) is 12.8. The molecule has 2 heterocycles. The van der Waals surface area contributed by atoms with Gasteiger partial charge in [0.25, 0.3) is 0 Å². The van der Waals surface area contributed by atoms with Gasteiger partial charge in [0.1, 0.15) is 0 Å². The Bertz CT molecular complexity index is 272. The molecule has 98 valence electrons. The van der Waals surface area contributed by atoms with E-state index in [-0.39, 0.29) is 5.92 Å². The number of nitrogens with one attached hydrogen (secondary N) is 1. The minimum atomic E-state index is 0.214. The fraction of sp³-hybridized carbons (Fsp3) is 0.923. The van der Waals surface area contributed by atoms with E-state index in [2.05, 4.69) is 36.1 Å². The quantitative estimate of drug-likeness (QED) is 0.764. The molecule has 2 aliphatic heterocycles. The maximum Gasteiger partial charge on any atom is 0.227 e. The van der Waals surface area contributed by atoms with Crippen LogP contribution in [-0.4, -0.2) is 61.5 Å². The summed E-state index contributed by atoms with van der Waals surface area (Å²) >= 11 is 0. The van der Waals surface area contributed by atoms with Gasteiger partial charge in [-0.3, -0.25) is 4.79 Å². The van der Waals surface area contributed by atoms with Crippen molar-refractivity contribution in [2.75, 3.05) is 33.7 Å². The van der Waals surface area contributed by atoms with Gasteiger partial charge in [0, 0.05) is 25.2 Å². The van der Waals surface area contributed by atoms with E-state index < -0.39 is 0 Å². The predicted molar refractivity (Wildman–Crippen MR) is 68.9 cm³/mol. The van der Waals surface area contributed by atoms with Gasteiger partial charge in [-0.15, -0.1) is 0 Å². The van der Waals surface area contributed by atoms with Crippen LogP contribution in [0.4, 0.5) is 0 Å². The summed E-state index contributed by atoms with van der Waals surface area (Å²) in [6, 6.07) is 1.01. The summed E-state index contributed by atoms with van der Waals surface area (Å²) in [7, 11) is 4.26. The first-order chi connectivity index (χ1) is 8.09. The van der Waals surface area contributed by atoms with Crippen LogP contribution in [0.15, 0.2) is 0 Å². The molecule has 2 atom stereocenters. The predicted octanol–water partition coefficient (Wildman–Crippen LogP) is 0.537. The zero-order valence-electron chi connectivity index (χ0n) is 11.3. The smallest absolute Gasteiger partial charge is 0.227 e. The second-order valence-electron chi connectivity index (χ2n) is 5.66. The van der Waals surface area contributed by atoms with Crippen molar-refractivity contribution in [3.8, 4) is 0 Å². The van der Waals surface area contributed by atoms with Gasteiger partial charge in [-0.2, -0.15) is 0 Å². The molecule has 2 unspecified atom stereocenters. The van der Waals surface area contributed by atoms with Crippen molar-refractivity contribution in [3.05, 3.63) is 0 Å². The molecule has 0 aromatic rings. The molecule has 1 N–H and O–H groups in total. The molecule has 4 nitrogen and oxygen atoms in total. The average Bonchev–Trinajstić information content (AvgIpc) is 2.74. The highest BCUT2D eigenvalue weighted by Gasteiger charge is 2.34. The Hall–Kier alpha value is -0.610. The van der Waals surface area contributed by atoms with Crippen molar-refractivity contribution in [3.63, 3.8) is 0 Å². The summed E-state index contributed by atoms with van der Waals surface area (Å²) in [5.41, 5.74) is 0. The normalized spacial score (nSPS) is 31.2. The molecule has 2 aliphatic rings. The number of likely N-dealkylation sites (tertiary alicyclic amines) is 1. The van der Waals surface area contributed by atoms with Crippen molar-refractivity contribution in [2.24, 2.45) is 5.92 Å². The topological polar surface area (TPSA) is 35.6 Å². The maximum atomic E-state index is 12.4. The van der Waals surface area contributed by atoms with Gasteiger partial charge in [0.15, 0.2) is 0 Å². The van der Waals surface area contributed by atoms with Gasteiger partial charge < -0.3 is 15.1 Å². The van der Waals surface area contributed by atoms with Crippen molar-refractivity contribution < 1.29 is 4.79 Å². The number of carbonyl (C=O) groups excluding carboxylic acids is 1. The van der Waals surface area contributed by atoms with E-state index in [1.165, 1.54) is 0 Å². The van der Waals surface area contributed by atoms with Crippen LogP contribution in [0.1, 0.15) is 26.2 Å². The second-order valence-corrected chi connectivity index (χ2v) is 5.66. The highest BCUT2D eigenvalue weighted by molar-refractivity contribution is 5.80. The molecule has 0 spiro atoms. The van der Waals surface area contributed by atoms with Crippen LogP contribution >= 0.6 is 0 Å². The molecule has 2 rings (SSSR count). The lowest BCUT2D eigenvalue weighted by Gasteiger charge is -2.36. The third-order valence-electron chi connectivity index (χ3n) is 4.35. The summed E-state index contributed by atoms with van der Waals surface area (Å²) < 4.78 is 0. The first-order valence-electron chi connectivity index (χ1n) is 6.78. The zero-order valence-corrected chi connectivity index (χ0v) is 11.3. The van der Waals surface area contributed by atoms with Crippen LogP contribution in [0.25, 0.3) is 0 Å². The summed E-state index contributed by atoms with van der Waals surface area (Å²) in [5, 5.41) is 3.36. The molecule has 1 amide bonds. The third-order valence-corrected chi connectivity index (χ3v) is 4.35. The van der Waals surface area contributed by atoms with Crippen molar-refractivity contribution in [2.45, 2.75) is 38.3 Å². The fourth-order valence-electron chi connectivity index (χ4n) is 3.03. The number of piperidine rings is 1. The minimum Gasteiger partial charge on any atom is -0.342 e. The van der Waals surface area contributed by atoms with E-state index in [1.807, 2.05) is 0 Å². The monoisotopic (exact) mass is 239 g/mol. The van der Waals surface area contributed by atoms with Crippen molar-refractivity contribution >= 4 is 5.91 Å². The largest absolute Gasteiger partial charge is 0.342 e. The molecule has 0 aliphatic carbocycles. The van der Waals surface area contributed by atoms with Crippen LogP contribution in [-0.2, 0) is 4.79 Å². The van der Waals surface area contributed by atoms with Crippen molar-refractivity contribution in [1.29, 1.82) is 0 Å². The summed E-state index contributed by atoms with van der Waals surface area (Å²) in [6.07, 6.45) is 3.24. The van der Waals surface area contributed by atoms with Crippen molar-refractivity contribution in [1.82, 2.24) is 15.1 Å². The van der Waals surface area contributed by atoms with Gasteiger partial charge in [-0.05, 0) is 46.8 Å². The van der Waals surface area contributed by atoms with Crippen LogP contribution in [0.5, 0.6) is 0 Å². The molecular weight excluding hydrogens is 214 g/mol. The van der Waals surface area contributed by atoms with Crippen LogP contribution in [0.2, 0.25) is 0 Å². The molecule has 0 aromatic heterocycles. The van der Waals surface area contributed by atoms with E-state index in [4.69, 9.17) is 0 Å². The molecule has 0 radical (unpaired) electrons. The van der Waals surface area contributed by atoms with Gasteiger partial charge in [0.05, 0.1) is 5.92 Å². The number of amides is 1. The number of nitrogens with zero attached hydrogens (tertiary/aromatic N) is 2. The van der Waals surface area contributed by atoms with Crippen LogP contribution < -0.4 is 5.32 Å². The lowest BCUT2D eigenvalue weighted by molar-refractivity contribution is -0.137. The maximum absolute atomic E-state index is 12.4. The molecule has 0 bridgehead atoms. The van der Waals surface area contributed by atoms with Gasteiger partial charge in [-0.25, -0.2) is 0 Å². The first-order valence-corrected chi connectivity index (χ1v) is 6.78. The fourth-order valence-corrected chi connectivity index (χ4v) is 3.03. The lowest BCUT2D eigenvalue weighted by atomic mass is 9.97. The van der Waals surface area contributed by atoms with Crippen LogP contribution in [0, 0.1) is 5.92 Å². The SMILES string of the molecule is CC1NCCC1C(=O)N1CCC(N(C)C)CC1. The van der Waals surface area contributed by atoms with E-state index in [9.17, 15) is 4.79 Å². The van der Waals surface area contributed by atoms with Crippen LogP contribution in [0.3, 0.4) is 0 Å². The molecule has 0 aromatic carbocycles. The molecular formula is C13H25N3O. The highest BCUT2D eigenvalue weighted by Crippen LogP contribution is 2.21. The van der Waals surface area contributed by atoms with Gasteiger partial charge in [-0.1, -0.05) is 0 Å². The Morgan fingerprint density at radius 3 is 2.35 bits per heavy atom. The average molecular weight is 239 g/mol. The minimum absolute atomic E-state index is 0.214. The molecule has 2 saturated heterocycles. The Kier molecular flexibility index (Phi) is 4.05. The number of carbonyl (C=O) groups is 1. The number of hydrogen-bond acceptors (Lipinski definition) is 3. The number of hydrogen-bond donors (Lipinski definition) is 1. The Morgan fingerprint density at radius 1 is 1.24 bits per heavy atom. The number of rotatable bonds is 2. The molecule has 4 heteroatoms. The lowest BCUT2D eigenvalue weighted by Crippen LogP contribution is -2.47. The molecule has 2 fully saturated rings. The molecule has 0 saturated carbocycles. The van der Waals surface area contributed by atoms with E-state index in [1.54, 1.807) is 0 Å². The summed E-state index contributed by atoms with van der Waals surface area (Å²) in [6.45, 7) is 4.99. The third kappa shape index (κ3) is 2.80. The Balaban J connectivity index is 1.86. The standard InChI is InChI=1S/C13H25N3O/c1-10-12(4-7-14-10)13(17)16-8-5-11(6-9-16)15(2)3/h10-12,14H,4-9H2,1-3H3. The highest BCUT2D eigenvalue weighted by atomic mass is 16.2. The van der Waals surface area contributed by atoms with E-state index in [0.717, 1.165) is 38.9 Å².